The first kappa shape index (κ1) is 14.9. The number of hydrogen-bond acceptors (Lipinski definition) is 6. The topological polar surface area (TPSA) is 83.3 Å². The summed E-state index contributed by atoms with van der Waals surface area (Å²) in [6, 6.07) is 1.78. The van der Waals surface area contributed by atoms with Crippen LogP contribution in [0.5, 0.6) is 0 Å². The molecular weight excluding hydrogens is 282 g/mol. The molecule has 3 rings (SSSR count). The zero-order valence-electron chi connectivity index (χ0n) is 12.8. The maximum atomic E-state index is 12.1. The highest BCUT2D eigenvalue weighted by Crippen LogP contribution is 2.16. The molecular formula is C15H21N5O2. The van der Waals surface area contributed by atoms with Crippen LogP contribution in [0.25, 0.3) is 11.1 Å². The van der Waals surface area contributed by atoms with Crippen molar-refractivity contribution < 1.29 is 9.32 Å². The molecule has 0 bridgehead atoms. The van der Waals surface area contributed by atoms with Crippen LogP contribution in [0.1, 0.15) is 22.5 Å². The number of carbonyl (C=O) groups is 1. The van der Waals surface area contributed by atoms with E-state index in [-0.39, 0.29) is 5.91 Å². The van der Waals surface area contributed by atoms with Gasteiger partial charge in [-0.1, -0.05) is 5.16 Å². The van der Waals surface area contributed by atoms with E-state index < -0.39 is 0 Å². The summed E-state index contributed by atoms with van der Waals surface area (Å²) >= 11 is 0. The number of hydrogen-bond donors (Lipinski definition) is 2. The first-order valence-electron chi connectivity index (χ1n) is 7.67. The van der Waals surface area contributed by atoms with Gasteiger partial charge in [-0.2, -0.15) is 0 Å². The Morgan fingerprint density at radius 3 is 3.09 bits per heavy atom. The monoisotopic (exact) mass is 303 g/mol. The number of carbonyl (C=O) groups excluding carboxylic acids is 1. The van der Waals surface area contributed by atoms with Crippen molar-refractivity contribution in [1.29, 1.82) is 0 Å². The molecule has 0 saturated carbocycles. The van der Waals surface area contributed by atoms with Gasteiger partial charge in [0.15, 0.2) is 0 Å². The van der Waals surface area contributed by atoms with Crippen LogP contribution in [-0.4, -0.2) is 60.2 Å². The van der Waals surface area contributed by atoms with Crippen molar-refractivity contribution in [3.8, 4) is 0 Å². The van der Waals surface area contributed by atoms with Gasteiger partial charge in [0.25, 0.3) is 11.6 Å². The van der Waals surface area contributed by atoms with Gasteiger partial charge in [-0.05, 0) is 26.0 Å². The lowest BCUT2D eigenvalue weighted by Crippen LogP contribution is -2.44. The fourth-order valence-electron chi connectivity index (χ4n) is 2.61. The van der Waals surface area contributed by atoms with Gasteiger partial charge in [0.05, 0.1) is 16.6 Å². The summed E-state index contributed by atoms with van der Waals surface area (Å²) in [5.41, 5.74) is 1.75. The zero-order valence-corrected chi connectivity index (χ0v) is 12.8. The molecule has 7 nitrogen and oxygen atoms in total. The van der Waals surface area contributed by atoms with E-state index in [0.717, 1.165) is 50.2 Å². The van der Waals surface area contributed by atoms with Crippen LogP contribution in [0.2, 0.25) is 0 Å². The molecule has 0 aromatic carbocycles. The smallest absolute Gasteiger partial charge is 0.257 e. The highest BCUT2D eigenvalue weighted by molar-refractivity contribution is 5.96. The van der Waals surface area contributed by atoms with Gasteiger partial charge >= 0.3 is 0 Å². The third-order valence-corrected chi connectivity index (χ3v) is 3.92. The second-order valence-electron chi connectivity index (χ2n) is 5.55. The Kier molecular flexibility index (Phi) is 4.65. The first-order chi connectivity index (χ1) is 10.7. The van der Waals surface area contributed by atoms with Gasteiger partial charge in [0.1, 0.15) is 0 Å². The summed E-state index contributed by atoms with van der Waals surface area (Å²) in [4.78, 5) is 18.7. The zero-order chi connectivity index (χ0) is 15.4. The summed E-state index contributed by atoms with van der Waals surface area (Å²) in [6.45, 7) is 7.80. The van der Waals surface area contributed by atoms with E-state index in [4.69, 9.17) is 4.52 Å². The van der Waals surface area contributed by atoms with E-state index in [9.17, 15) is 4.79 Å². The van der Waals surface area contributed by atoms with Crippen molar-refractivity contribution in [2.75, 3.05) is 39.3 Å². The Hall–Kier alpha value is -1.99. The molecule has 0 unspecified atom stereocenters. The summed E-state index contributed by atoms with van der Waals surface area (Å²) < 4.78 is 5.05. The predicted octanol–water partition coefficient (Wildman–Crippen LogP) is 0.556. The Morgan fingerprint density at radius 1 is 1.45 bits per heavy atom. The highest BCUT2D eigenvalue weighted by Gasteiger charge is 2.12. The van der Waals surface area contributed by atoms with Gasteiger partial charge in [-0.25, -0.2) is 4.98 Å². The van der Waals surface area contributed by atoms with Crippen LogP contribution in [0.4, 0.5) is 0 Å². The van der Waals surface area contributed by atoms with E-state index in [0.29, 0.717) is 17.8 Å². The molecule has 2 aromatic rings. The number of nitrogens with one attached hydrogen (secondary N) is 2. The molecule has 0 aliphatic carbocycles. The number of aryl methyl sites for hydroxylation is 1. The van der Waals surface area contributed by atoms with E-state index in [1.165, 1.54) is 6.20 Å². The van der Waals surface area contributed by atoms with Crippen molar-refractivity contribution in [2.24, 2.45) is 0 Å². The number of rotatable bonds is 5. The van der Waals surface area contributed by atoms with Gasteiger partial charge in [-0.3, -0.25) is 4.79 Å². The second-order valence-corrected chi connectivity index (χ2v) is 5.55. The minimum absolute atomic E-state index is 0.102. The van der Waals surface area contributed by atoms with Crippen molar-refractivity contribution in [1.82, 2.24) is 25.7 Å². The summed E-state index contributed by atoms with van der Waals surface area (Å²) in [7, 11) is 0. The number of amides is 1. The summed E-state index contributed by atoms with van der Waals surface area (Å²) in [5, 5.41) is 10.9. The summed E-state index contributed by atoms with van der Waals surface area (Å²) in [5.74, 6) is -0.102. The van der Waals surface area contributed by atoms with Crippen molar-refractivity contribution >= 4 is 17.0 Å². The maximum absolute atomic E-state index is 12.1. The number of aromatic nitrogens is 2. The van der Waals surface area contributed by atoms with Gasteiger partial charge in [0.2, 0.25) is 0 Å². The van der Waals surface area contributed by atoms with E-state index >= 15 is 0 Å². The Labute approximate surface area is 129 Å². The molecule has 2 N–H and O–H groups in total. The van der Waals surface area contributed by atoms with E-state index in [1.54, 1.807) is 6.07 Å². The Balaban J connectivity index is 1.49. The molecule has 1 saturated heterocycles. The first-order valence-corrected chi connectivity index (χ1v) is 7.67. The van der Waals surface area contributed by atoms with Crippen LogP contribution >= 0.6 is 0 Å². The van der Waals surface area contributed by atoms with Gasteiger partial charge in [-0.15, -0.1) is 0 Å². The number of fused-ring (bicyclic) bond motifs is 1. The number of nitrogens with zero attached hydrogens (tertiary/aromatic N) is 3. The SMILES string of the molecule is Cc1noc2ncc(C(=O)NCCCN3CCNCC3)cc12. The van der Waals surface area contributed by atoms with Gasteiger partial charge < -0.3 is 20.1 Å². The third-order valence-electron chi connectivity index (χ3n) is 3.92. The lowest BCUT2D eigenvalue weighted by Gasteiger charge is -2.27. The lowest BCUT2D eigenvalue weighted by atomic mass is 10.2. The van der Waals surface area contributed by atoms with E-state index in [2.05, 4.69) is 25.7 Å². The predicted molar refractivity (Wildman–Crippen MR) is 82.8 cm³/mol. The molecule has 7 heteroatoms. The normalized spacial score (nSPS) is 16.0. The second kappa shape index (κ2) is 6.85. The molecule has 22 heavy (non-hydrogen) atoms. The minimum atomic E-state index is -0.102. The van der Waals surface area contributed by atoms with Crippen molar-refractivity contribution in [2.45, 2.75) is 13.3 Å². The molecule has 1 aliphatic heterocycles. The highest BCUT2D eigenvalue weighted by atomic mass is 16.5. The molecule has 1 fully saturated rings. The van der Waals surface area contributed by atoms with Crippen LogP contribution in [0, 0.1) is 6.92 Å². The molecule has 2 aromatic heterocycles. The van der Waals surface area contributed by atoms with Crippen LogP contribution in [0.15, 0.2) is 16.8 Å². The maximum Gasteiger partial charge on any atom is 0.257 e. The van der Waals surface area contributed by atoms with Crippen LogP contribution in [0.3, 0.4) is 0 Å². The van der Waals surface area contributed by atoms with Gasteiger partial charge in [0, 0.05) is 38.9 Å². The fraction of sp³-hybridized carbons (Fsp3) is 0.533. The quantitative estimate of drug-likeness (QED) is 0.785. The average Bonchev–Trinajstić information content (AvgIpc) is 2.93. The number of piperazine rings is 1. The Bertz CT molecular complexity index is 648. The fourth-order valence-corrected chi connectivity index (χ4v) is 2.61. The molecule has 3 heterocycles. The standard InChI is InChI=1S/C15H21N5O2/c1-11-13-9-12(10-18-15(13)22-19-11)14(21)17-3-2-6-20-7-4-16-5-8-20/h9-10,16H,2-8H2,1H3,(H,17,21). The van der Waals surface area contributed by atoms with Crippen molar-refractivity contribution in [3.05, 3.63) is 23.5 Å². The van der Waals surface area contributed by atoms with Crippen molar-refractivity contribution in [3.63, 3.8) is 0 Å². The minimum Gasteiger partial charge on any atom is -0.352 e. The average molecular weight is 303 g/mol. The lowest BCUT2D eigenvalue weighted by molar-refractivity contribution is 0.0951. The molecule has 118 valence electrons. The number of pyridine rings is 1. The molecule has 1 aliphatic rings. The van der Waals surface area contributed by atoms with Crippen LogP contribution in [-0.2, 0) is 0 Å². The Morgan fingerprint density at radius 2 is 2.27 bits per heavy atom. The largest absolute Gasteiger partial charge is 0.352 e. The molecule has 0 spiro atoms. The third kappa shape index (κ3) is 3.42. The van der Waals surface area contributed by atoms with Crippen LogP contribution < -0.4 is 10.6 Å². The molecule has 0 atom stereocenters. The molecule has 0 radical (unpaired) electrons. The van der Waals surface area contributed by atoms with E-state index in [1.807, 2.05) is 6.92 Å². The summed E-state index contributed by atoms with van der Waals surface area (Å²) in [6.07, 6.45) is 2.48. The molecule has 1 amide bonds.